The number of hydrogen-bond donors (Lipinski definition) is 3. The van der Waals surface area contributed by atoms with E-state index in [4.69, 9.17) is 9.11 Å². The van der Waals surface area contributed by atoms with Gasteiger partial charge in [-0.1, -0.05) is 30.6 Å². The molecule has 19 heavy (non-hydrogen) atoms. The van der Waals surface area contributed by atoms with E-state index in [0.29, 0.717) is 6.42 Å². The van der Waals surface area contributed by atoms with E-state index in [2.05, 4.69) is 11.7 Å². The topological polar surface area (TPSA) is 109 Å². The third-order valence-electron chi connectivity index (χ3n) is 2.90. The maximum atomic E-state index is 11.3. The van der Waals surface area contributed by atoms with Crippen LogP contribution in [0.2, 0.25) is 0 Å². The number of rotatable bonds is 9. The first-order chi connectivity index (χ1) is 8.54. The van der Waals surface area contributed by atoms with Gasteiger partial charge in [-0.15, -0.1) is 11.7 Å². The average Bonchev–Trinajstić information content (AvgIpc) is 2.25. The molecule has 3 unspecified atom stereocenters. The Labute approximate surface area is 124 Å². The lowest BCUT2D eigenvalue weighted by molar-refractivity contribution is 0.434. The highest BCUT2D eigenvalue weighted by Gasteiger charge is 2.38. The first-order valence-electron chi connectivity index (χ1n) is 5.76. The fraction of sp³-hybridized carbons (Fsp3) is 1.00. The van der Waals surface area contributed by atoms with E-state index >= 15 is 0 Å². The molecule has 3 atom stereocenters. The quantitative estimate of drug-likeness (QED) is 0.331. The molecule has 0 saturated carbocycles. The maximum absolute atomic E-state index is 11.3. The summed E-state index contributed by atoms with van der Waals surface area (Å²) in [5.74, 6) is 0. The number of thiol groups is 1. The molecule has 0 fully saturated rings. The Morgan fingerprint density at radius 2 is 1.68 bits per heavy atom. The van der Waals surface area contributed by atoms with Crippen LogP contribution in [0.5, 0.6) is 0 Å². The van der Waals surface area contributed by atoms with Crippen LogP contribution in [-0.2, 0) is 20.2 Å². The summed E-state index contributed by atoms with van der Waals surface area (Å²) in [7, 11) is -7.97. The van der Waals surface area contributed by atoms with Crippen LogP contribution < -0.4 is 0 Å². The SMILES string of the molecule is CCCCC(CC(C(C)S(=O)(=O)O)S(=O)(=O)O)SS. The van der Waals surface area contributed by atoms with E-state index in [9.17, 15) is 16.8 Å². The molecular formula is C9H20O6S4. The Kier molecular flexibility index (Phi) is 8.30. The molecule has 0 aliphatic carbocycles. The van der Waals surface area contributed by atoms with Crippen LogP contribution in [0.25, 0.3) is 0 Å². The molecule has 0 aromatic heterocycles. The molecule has 0 aliphatic rings. The van der Waals surface area contributed by atoms with Crippen molar-refractivity contribution in [3.05, 3.63) is 0 Å². The molecule has 0 rings (SSSR count). The van der Waals surface area contributed by atoms with Gasteiger partial charge in [-0.05, 0) is 19.8 Å². The van der Waals surface area contributed by atoms with Crippen LogP contribution in [0.1, 0.15) is 39.5 Å². The summed E-state index contributed by atoms with van der Waals surface area (Å²) in [5, 5.41) is -3.34. The number of hydrogen-bond acceptors (Lipinski definition) is 6. The smallest absolute Gasteiger partial charge is 0.269 e. The molecular weight excluding hydrogens is 332 g/mol. The lowest BCUT2D eigenvalue weighted by Crippen LogP contribution is -2.39. The zero-order valence-corrected chi connectivity index (χ0v) is 14.1. The fourth-order valence-corrected chi connectivity index (χ4v) is 5.21. The van der Waals surface area contributed by atoms with E-state index in [0.717, 1.165) is 30.6 Å². The van der Waals surface area contributed by atoms with Crippen molar-refractivity contribution in [3.8, 4) is 0 Å². The predicted octanol–water partition coefficient (Wildman–Crippen LogP) is 2.05. The summed E-state index contributed by atoms with van der Waals surface area (Å²) in [5.41, 5.74) is 0. The van der Waals surface area contributed by atoms with Crippen molar-refractivity contribution in [2.45, 2.75) is 55.3 Å². The highest BCUT2D eigenvalue weighted by atomic mass is 33.1. The minimum Gasteiger partial charge on any atom is -0.285 e. The Balaban J connectivity index is 5.08. The van der Waals surface area contributed by atoms with E-state index in [-0.39, 0.29) is 11.7 Å². The Morgan fingerprint density at radius 1 is 1.16 bits per heavy atom. The van der Waals surface area contributed by atoms with Gasteiger partial charge in [-0.3, -0.25) is 9.11 Å². The van der Waals surface area contributed by atoms with Crippen molar-refractivity contribution < 1.29 is 25.9 Å². The molecule has 0 aromatic rings. The fourth-order valence-electron chi connectivity index (χ4n) is 1.65. The second-order valence-corrected chi connectivity index (χ2v) is 9.30. The van der Waals surface area contributed by atoms with Gasteiger partial charge in [0.15, 0.2) is 0 Å². The van der Waals surface area contributed by atoms with Crippen molar-refractivity contribution in [3.63, 3.8) is 0 Å². The van der Waals surface area contributed by atoms with E-state index in [1.807, 2.05) is 6.92 Å². The molecule has 0 aliphatic heterocycles. The summed E-state index contributed by atoms with van der Waals surface area (Å²) in [4.78, 5) is 0. The van der Waals surface area contributed by atoms with E-state index in [1.165, 1.54) is 0 Å². The van der Waals surface area contributed by atoms with Crippen LogP contribution >= 0.6 is 22.5 Å². The van der Waals surface area contributed by atoms with E-state index in [1.54, 1.807) is 0 Å². The monoisotopic (exact) mass is 352 g/mol. The normalized spacial score (nSPS) is 17.9. The minimum atomic E-state index is -4.56. The lowest BCUT2D eigenvalue weighted by atomic mass is 10.1. The summed E-state index contributed by atoms with van der Waals surface area (Å²) >= 11 is 4.03. The highest BCUT2D eigenvalue weighted by Crippen LogP contribution is 2.29. The van der Waals surface area contributed by atoms with Crippen LogP contribution in [0.3, 0.4) is 0 Å². The molecule has 0 spiro atoms. The standard InChI is InChI=1S/C9H20O6S4/c1-3-4-5-8(17-16)6-9(19(13,14)15)7(2)18(10,11)12/h7-9,16H,3-6H2,1-2H3,(H,10,11,12)(H,13,14,15). The summed E-state index contributed by atoms with van der Waals surface area (Å²) in [6.45, 7) is 3.04. The first kappa shape index (κ1) is 19.5. The van der Waals surface area contributed by atoms with Crippen LogP contribution in [0, 0.1) is 0 Å². The van der Waals surface area contributed by atoms with Gasteiger partial charge in [0.1, 0.15) is 10.5 Å². The largest absolute Gasteiger partial charge is 0.285 e. The second kappa shape index (κ2) is 8.08. The molecule has 0 radical (unpaired) electrons. The minimum absolute atomic E-state index is 0.0754. The van der Waals surface area contributed by atoms with Gasteiger partial charge in [-0.2, -0.15) is 16.8 Å². The van der Waals surface area contributed by atoms with Gasteiger partial charge in [0.2, 0.25) is 0 Å². The third-order valence-corrected chi connectivity index (χ3v) is 7.33. The molecule has 116 valence electrons. The van der Waals surface area contributed by atoms with Crippen molar-refractivity contribution in [1.29, 1.82) is 0 Å². The van der Waals surface area contributed by atoms with Gasteiger partial charge in [0.05, 0.1) is 0 Å². The molecule has 0 bridgehead atoms. The van der Waals surface area contributed by atoms with Gasteiger partial charge in [0, 0.05) is 5.25 Å². The number of unbranched alkanes of at least 4 members (excludes halogenated alkanes) is 1. The molecule has 2 N–H and O–H groups in total. The molecule has 0 amide bonds. The average molecular weight is 353 g/mol. The molecule has 0 heterocycles. The van der Waals surface area contributed by atoms with Crippen molar-refractivity contribution in [2.24, 2.45) is 0 Å². The molecule has 0 saturated heterocycles. The highest BCUT2D eigenvalue weighted by molar-refractivity contribution is 8.68. The zero-order valence-electron chi connectivity index (χ0n) is 10.8. The first-order valence-corrected chi connectivity index (χ1v) is 10.7. The van der Waals surface area contributed by atoms with Crippen LogP contribution in [0.4, 0.5) is 0 Å². The Bertz CT molecular complexity index is 457. The molecule has 10 heteroatoms. The van der Waals surface area contributed by atoms with Gasteiger partial charge in [0.25, 0.3) is 20.2 Å². The lowest BCUT2D eigenvalue weighted by Gasteiger charge is -2.23. The molecule has 0 aromatic carbocycles. The summed E-state index contributed by atoms with van der Waals surface area (Å²) in [6, 6.07) is 0. The maximum Gasteiger partial charge on any atom is 0.269 e. The van der Waals surface area contributed by atoms with Gasteiger partial charge < -0.3 is 0 Å². The van der Waals surface area contributed by atoms with Crippen LogP contribution in [-0.4, -0.2) is 41.7 Å². The van der Waals surface area contributed by atoms with E-state index < -0.39 is 30.7 Å². The predicted molar refractivity (Wildman–Crippen MR) is 80.9 cm³/mol. The molecule has 6 nitrogen and oxygen atoms in total. The Hall–Kier alpha value is 0.520. The zero-order chi connectivity index (χ0) is 15.3. The summed E-state index contributed by atoms with van der Waals surface area (Å²) < 4.78 is 62.8. The third kappa shape index (κ3) is 7.19. The van der Waals surface area contributed by atoms with Crippen molar-refractivity contribution >= 4 is 42.7 Å². The van der Waals surface area contributed by atoms with Crippen molar-refractivity contribution in [1.82, 2.24) is 0 Å². The van der Waals surface area contributed by atoms with Crippen molar-refractivity contribution in [2.75, 3.05) is 0 Å². The Morgan fingerprint density at radius 3 is 2.00 bits per heavy atom. The second-order valence-electron chi connectivity index (χ2n) is 4.38. The summed E-state index contributed by atoms with van der Waals surface area (Å²) in [6.07, 6.45) is 2.34. The van der Waals surface area contributed by atoms with Gasteiger partial charge in [-0.25, -0.2) is 0 Å². The van der Waals surface area contributed by atoms with Crippen LogP contribution in [0.15, 0.2) is 0 Å². The van der Waals surface area contributed by atoms with Gasteiger partial charge >= 0.3 is 0 Å².